The van der Waals surface area contributed by atoms with E-state index in [1.54, 1.807) is 0 Å². The van der Waals surface area contributed by atoms with Crippen LogP contribution in [0.25, 0.3) is 0 Å². The Hall–Kier alpha value is -2.56. The molecule has 98 valence electrons. The molecule has 0 spiro atoms. The number of nitrogens with one attached hydrogen (secondary N) is 1. The van der Waals surface area contributed by atoms with Crippen molar-refractivity contribution in [3.8, 4) is 0 Å². The fourth-order valence-corrected chi connectivity index (χ4v) is 1.76. The van der Waals surface area contributed by atoms with Gasteiger partial charge in [-0.1, -0.05) is 12.1 Å². The molecule has 2 aromatic rings. The molecule has 19 heavy (non-hydrogen) atoms. The molecule has 0 bridgehead atoms. The van der Waals surface area contributed by atoms with Crippen molar-refractivity contribution in [3.05, 3.63) is 47.2 Å². The van der Waals surface area contributed by atoms with Gasteiger partial charge in [-0.25, -0.2) is 9.78 Å². The molecule has 1 heterocycles. The molecule has 2 rings (SSSR count). The Morgan fingerprint density at radius 2 is 2.05 bits per heavy atom. The number of aromatic carboxylic acids is 1. The van der Waals surface area contributed by atoms with Crippen LogP contribution in [0, 0.1) is 13.8 Å². The number of benzene rings is 1. The van der Waals surface area contributed by atoms with Crippen molar-refractivity contribution >= 4 is 23.2 Å². The maximum Gasteiger partial charge on any atom is 0.337 e. The van der Waals surface area contributed by atoms with Gasteiger partial charge < -0.3 is 16.2 Å². The van der Waals surface area contributed by atoms with Crippen LogP contribution in [0.4, 0.5) is 17.2 Å². The third kappa shape index (κ3) is 2.65. The molecular formula is C14H15N3O2. The van der Waals surface area contributed by atoms with Gasteiger partial charge in [0.15, 0.2) is 5.82 Å². The van der Waals surface area contributed by atoms with E-state index in [1.807, 2.05) is 32.0 Å². The lowest BCUT2D eigenvalue weighted by molar-refractivity contribution is 0.0698. The minimum Gasteiger partial charge on any atom is -0.478 e. The molecule has 0 fully saturated rings. The van der Waals surface area contributed by atoms with Gasteiger partial charge in [-0.3, -0.25) is 0 Å². The predicted molar refractivity (Wildman–Crippen MR) is 74.8 cm³/mol. The van der Waals surface area contributed by atoms with Crippen molar-refractivity contribution in [1.82, 2.24) is 4.98 Å². The largest absolute Gasteiger partial charge is 0.478 e. The lowest BCUT2D eigenvalue weighted by Gasteiger charge is -2.12. The number of nitrogen functional groups attached to an aromatic ring is 1. The summed E-state index contributed by atoms with van der Waals surface area (Å²) >= 11 is 0. The van der Waals surface area contributed by atoms with E-state index in [0.717, 1.165) is 16.8 Å². The molecule has 0 saturated heterocycles. The molecular weight excluding hydrogens is 242 g/mol. The quantitative estimate of drug-likeness (QED) is 0.786. The van der Waals surface area contributed by atoms with Crippen molar-refractivity contribution in [2.24, 2.45) is 0 Å². The first-order chi connectivity index (χ1) is 8.99. The number of nitrogens with two attached hydrogens (primary N) is 1. The second-order valence-corrected chi connectivity index (χ2v) is 4.37. The van der Waals surface area contributed by atoms with Gasteiger partial charge in [-0.15, -0.1) is 0 Å². The van der Waals surface area contributed by atoms with Crippen LogP contribution in [-0.4, -0.2) is 16.1 Å². The number of carboxylic acids is 1. The highest BCUT2D eigenvalue weighted by Gasteiger charge is 2.12. The standard InChI is InChI=1S/C14H15N3O2/c1-8-3-4-9(2)11(7-8)17-13-12(15)10(14(18)19)5-6-16-13/h3-7H,15H2,1-2H3,(H,16,17)(H,18,19). The molecule has 1 aromatic heterocycles. The SMILES string of the molecule is Cc1ccc(C)c(Nc2nccc(C(=O)O)c2N)c1. The Morgan fingerprint density at radius 1 is 1.32 bits per heavy atom. The van der Waals surface area contributed by atoms with Gasteiger partial charge in [0.25, 0.3) is 0 Å². The van der Waals surface area contributed by atoms with E-state index in [9.17, 15) is 4.79 Å². The maximum absolute atomic E-state index is 11.0. The van der Waals surface area contributed by atoms with Gasteiger partial charge in [-0.2, -0.15) is 0 Å². The number of nitrogens with zero attached hydrogens (tertiary/aromatic N) is 1. The summed E-state index contributed by atoms with van der Waals surface area (Å²) in [6.45, 7) is 3.94. The topological polar surface area (TPSA) is 88.2 Å². The number of carbonyl (C=O) groups is 1. The van der Waals surface area contributed by atoms with Crippen molar-refractivity contribution in [3.63, 3.8) is 0 Å². The smallest absolute Gasteiger partial charge is 0.337 e. The van der Waals surface area contributed by atoms with E-state index in [2.05, 4.69) is 10.3 Å². The molecule has 4 N–H and O–H groups in total. The van der Waals surface area contributed by atoms with Crippen molar-refractivity contribution in [2.45, 2.75) is 13.8 Å². The van der Waals surface area contributed by atoms with Gasteiger partial charge in [0.1, 0.15) is 0 Å². The van der Waals surface area contributed by atoms with E-state index < -0.39 is 5.97 Å². The molecule has 0 radical (unpaired) electrons. The zero-order valence-electron chi connectivity index (χ0n) is 10.8. The van der Waals surface area contributed by atoms with Crippen molar-refractivity contribution in [1.29, 1.82) is 0 Å². The molecule has 1 aromatic carbocycles. The fourth-order valence-electron chi connectivity index (χ4n) is 1.76. The number of anilines is 3. The Bertz CT molecular complexity index is 639. The van der Waals surface area contributed by atoms with Crippen molar-refractivity contribution < 1.29 is 9.90 Å². The average Bonchev–Trinajstić information content (AvgIpc) is 2.36. The summed E-state index contributed by atoms with van der Waals surface area (Å²) in [7, 11) is 0. The summed E-state index contributed by atoms with van der Waals surface area (Å²) in [4.78, 5) is 15.1. The number of aryl methyl sites for hydroxylation is 2. The second kappa shape index (κ2) is 4.97. The zero-order valence-corrected chi connectivity index (χ0v) is 10.8. The molecule has 0 unspecified atom stereocenters. The van der Waals surface area contributed by atoms with Crippen LogP contribution in [0.5, 0.6) is 0 Å². The summed E-state index contributed by atoms with van der Waals surface area (Å²) in [6.07, 6.45) is 1.42. The fraction of sp³-hybridized carbons (Fsp3) is 0.143. The van der Waals surface area contributed by atoms with E-state index in [0.29, 0.717) is 5.82 Å². The normalized spacial score (nSPS) is 10.2. The summed E-state index contributed by atoms with van der Waals surface area (Å²) in [5, 5.41) is 12.1. The lowest BCUT2D eigenvalue weighted by Crippen LogP contribution is -2.07. The summed E-state index contributed by atoms with van der Waals surface area (Å²) in [5.41, 5.74) is 8.99. The van der Waals surface area contributed by atoms with Crippen LogP contribution >= 0.6 is 0 Å². The monoisotopic (exact) mass is 257 g/mol. The Balaban J connectivity index is 2.41. The number of pyridine rings is 1. The number of hydrogen-bond donors (Lipinski definition) is 3. The molecule has 0 atom stereocenters. The molecule has 0 amide bonds. The molecule has 5 heteroatoms. The first kappa shape index (κ1) is 12.9. The van der Waals surface area contributed by atoms with Crippen LogP contribution in [0.3, 0.4) is 0 Å². The lowest BCUT2D eigenvalue weighted by atomic mass is 10.1. The molecule has 0 aliphatic rings. The van der Waals surface area contributed by atoms with E-state index >= 15 is 0 Å². The Kier molecular flexibility index (Phi) is 3.37. The van der Waals surface area contributed by atoms with Gasteiger partial charge in [0.05, 0.1) is 11.3 Å². The van der Waals surface area contributed by atoms with Crippen molar-refractivity contribution in [2.75, 3.05) is 11.1 Å². The third-order valence-corrected chi connectivity index (χ3v) is 2.87. The van der Waals surface area contributed by atoms with Crippen LogP contribution in [0.15, 0.2) is 30.5 Å². The van der Waals surface area contributed by atoms with E-state index in [1.165, 1.54) is 12.3 Å². The van der Waals surface area contributed by atoms with Gasteiger partial charge >= 0.3 is 5.97 Å². The van der Waals surface area contributed by atoms with Crippen LogP contribution in [0.2, 0.25) is 0 Å². The second-order valence-electron chi connectivity index (χ2n) is 4.37. The van der Waals surface area contributed by atoms with Crippen LogP contribution in [0.1, 0.15) is 21.5 Å². The van der Waals surface area contributed by atoms with Gasteiger partial charge in [0, 0.05) is 11.9 Å². The van der Waals surface area contributed by atoms with E-state index in [-0.39, 0.29) is 11.3 Å². The number of carboxylic acid groups (broad SMARTS) is 1. The molecule has 5 nitrogen and oxygen atoms in total. The first-order valence-electron chi connectivity index (χ1n) is 5.81. The molecule has 0 aliphatic carbocycles. The average molecular weight is 257 g/mol. The zero-order chi connectivity index (χ0) is 14.0. The number of hydrogen-bond acceptors (Lipinski definition) is 4. The van der Waals surface area contributed by atoms with Crippen LogP contribution in [-0.2, 0) is 0 Å². The summed E-state index contributed by atoms with van der Waals surface area (Å²) in [6, 6.07) is 7.33. The number of aromatic nitrogens is 1. The van der Waals surface area contributed by atoms with Crippen LogP contribution < -0.4 is 11.1 Å². The molecule has 0 saturated carbocycles. The first-order valence-corrected chi connectivity index (χ1v) is 5.81. The maximum atomic E-state index is 11.0. The highest BCUT2D eigenvalue weighted by Crippen LogP contribution is 2.26. The predicted octanol–water partition coefficient (Wildman–Crippen LogP) is 2.72. The highest BCUT2D eigenvalue weighted by molar-refractivity contribution is 5.96. The van der Waals surface area contributed by atoms with Gasteiger partial charge in [-0.05, 0) is 37.1 Å². The summed E-state index contributed by atoms with van der Waals surface area (Å²) in [5.74, 6) is -0.711. The summed E-state index contributed by atoms with van der Waals surface area (Å²) < 4.78 is 0. The highest BCUT2D eigenvalue weighted by atomic mass is 16.4. The van der Waals surface area contributed by atoms with Gasteiger partial charge in [0.2, 0.25) is 0 Å². The third-order valence-electron chi connectivity index (χ3n) is 2.87. The minimum atomic E-state index is -1.07. The molecule has 0 aliphatic heterocycles. The Morgan fingerprint density at radius 3 is 2.74 bits per heavy atom. The van der Waals surface area contributed by atoms with E-state index in [4.69, 9.17) is 10.8 Å². The Labute approximate surface area is 111 Å². The number of rotatable bonds is 3. The minimum absolute atomic E-state index is 0.0443.